The summed E-state index contributed by atoms with van der Waals surface area (Å²) < 4.78 is 12.0. The first kappa shape index (κ1) is 22.3. The second-order valence-corrected chi connectivity index (χ2v) is 7.55. The number of hydrogen-bond donors (Lipinski definition) is 1. The van der Waals surface area contributed by atoms with Crippen molar-refractivity contribution in [3.8, 4) is 11.5 Å². The molecule has 156 valence electrons. The van der Waals surface area contributed by atoms with Gasteiger partial charge in [-0.05, 0) is 44.2 Å². The molecule has 0 atom stereocenters. The van der Waals surface area contributed by atoms with Crippen molar-refractivity contribution in [3.05, 3.63) is 29.8 Å². The van der Waals surface area contributed by atoms with Crippen LogP contribution in [0.2, 0.25) is 0 Å². The molecule has 0 radical (unpaired) electrons. The lowest BCUT2D eigenvalue weighted by atomic mass is 10.0. The first-order valence-electron chi connectivity index (χ1n) is 10.5. The monoisotopic (exact) mass is 389 g/mol. The molecular formula is C23H35NO4. The SMILES string of the molecule is C=C(C)c1cc(C(=O)N2CCC(O)CC2)c(OCCCC)cc1OCCCC. The number of unbranched alkanes of at least 4 members (excludes halogenated alkanes) is 2. The fraction of sp³-hybridized carbons (Fsp3) is 0.609. The second kappa shape index (κ2) is 11.1. The van der Waals surface area contributed by atoms with Gasteiger partial charge in [-0.15, -0.1) is 0 Å². The van der Waals surface area contributed by atoms with E-state index in [2.05, 4.69) is 20.4 Å². The van der Waals surface area contributed by atoms with Crippen LogP contribution in [0.5, 0.6) is 11.5 Å². The third-order valence-corrected chi connectivity index (χ3v) is 5.03. The molecule has 1 N–H and O–H groups in total. The summed E-state index contributed by atoms with van der Waals surface area (Å²) in [4.78, 5) is 15.0. The standard InChI is InChI=1S/C23H35NO4/c1-5-7-13-27-21-16-22(28-14-8-6-2)20(15-19(21)17(3)4)23(26)24-11-9-18(25)10-12-24/h15-16,18,25H,3,5-14H2,1-2,4H3. The first-order chi connectivity index (χ1) is 13.5. The van der Waals surface area contributed by atoms with E-state index in [0.29, 0.717) is 50.5 Å². The number of piperidine rings is 1. The number of carbonyl (C=O) groups is 1. The normalized spacial score (nSPS) is 14.8. The fourth-order valence-electron chi connectivity index (χ4n) is 3.19. The number of benzene rings is 1. The molecule has 1 aromatic rings. The molecule has 28 heavy (non-hydrogen) atoms. The van der Waals surface area contributed by atoms with Crippen LogP contribution in [-0.2, 0) is 0 Å². The lowest BCUT2D eigenvalue weighted by molar-refractivity contribution is 0.0543. The Bertz CT molecular complexity index is 663. The molecule has 0 aromatic heterocycles. The predicted molar refractivity (Wildman–Crippen MR) is 113 cm³/mol. The van der Waals surface area contributed by atoms with Crippen LogP contribution >= 0.6 is 0 Å². The van der Waals surface area contributed by atoms with Gasteiger partial charge < -0.3 is 19.5 Å². The summed E-state index contributed by atoms with van der Waals surface area (Å²) in [5.74, 6) is 1.24. The van der Waals surface area contributed by atoms with E-state index in [9.17, 15) is 9.90 Å². The van der Waals surface area contributed by atoms with Crippen LogP contribution in [0.4, 0.5) is 0 Å². The summed E-state index contributed by atoms with van der Waals surface area (Å²) >= 11 is 0. The maximum Gasteiger partial charge on any atom is 0.257 e. The highest BCUT2D eigenvalue weighted by atomic mass is 16.5. The molecule has 1 saturated heterocycles. The largest absolute Gasteiger partial charge is 0.493 e. The quantitative estimate of drug-likeness (QED) is 0.591. The molecule has 2 rings (SSSR count). The van der Waals surface area contributed by atoms with Crippen LogP contribution in [0, 0.1) is 0 Å². The number of allylic oxidation sites excluding steroid dienone is 1. The molecule has 0 bridgehead atoms. The van der Waals surface area contributed by atoms with Gasteiger partial charge in [-0.2, -0.15) is 0 Å². The molecule has 1 aromatic carbocycles. The van der Waals surface area contributed by atoms with E-state index in [1.165, 1.54) is 0 Å². The maximum atomic E-state index is 13.2. The highest BCUT2D eigenvalue weighted by molar-refractivity contribution is 5.98. The van der Waals surface area contributed by atoms with E-state index < -0.39 is 0 Å². The van der Waals surface area contributed by atoms with Crippen LogP contribution in [0.25, 0.3) is 5.57 Å². The van der Waals surface area contributed by atoms with Crippen molar-refractivity contribution < 1.29 is 19.4 Å². The number of carbonyl (C=O) groups excluding carboxylic acids is 1. The second-order valence-electron chi connectivity index (χ2n) is 7.55. The van der Waals surface area contributed by atoms with Gasteiger partial charge in [-0.1, -0.05) is 33.3 Å². The summed E-state index contributed by atoms with van der Waals surface area (Å²) in [6.45, 7) is 12.5. The van der Waals surface area contributed by atoms with Gasteiger partial charge in [0.25, 0.3) is 5.91 Å². The van der Waals surface area contributed by atoms with E-state index in [-0.39, 0.29) is 12.0 Å². The van der Waals surface area contributed by atoms with E-state index in [1.807, 2.05) is 19.1 Å². The van der Waals surface area contributed by atoms with E-state index in [0.717, 1.165) is 42.6 Å². The van der Waals surface area contributed by atoms with Crippen molar-refractivity contribution >= 4 is 11.5 Å². The molecular weight excluding hydrogens is 354 g/mol. The van der Waals surface area contributed by atoms with E-state index in [1.54, 1.807) is 4.90 Å². The van der Waals surface area contributed by atoms with Gasteiger partial charge in [0, 0.05) is 24.7 Å². The molecule has 0 aliphatic carbocycles. The average molecular weight is 390 g/mol. The van der Waals surface area contributed by atoms with Gasteiger partial charge in [0.15, 0.2) is 0 Å². The Labute approximate surface area is 169 Å². The molecule has 0 saturated carbocycles. The summed E-state index contributed by atoms with van der Waals surface area (Å²) in [5.41, 5.74) is 2.25. The van der Waals surface area contributed by atoms with E-state index in [4.69, 9.17) is 9.47 Å². The van der Waals surface area contributed by atoms with Crippen molar-refractivity contribution in [1.29, 1.82) is 0 Å². The molecule has 1 amide bonds. The Hall–Kier alpha value is -2.01. The van der Waals surface area contributed by atoms with Gasteiger partial charge in [0.1, 0.15) is 11.5 Å². The van der Waals surface area contributed by atoms with Gasteiger partial charge in [0.2, 0.25) is 0 Å². The number of rotatable bonds is 10. The van der Waals surface area contributed by atoms with Gasteiger partial charge >= 0.3 is 0 Å². The number of amides is 1. The summed E-state index contributed by atoms with van der Waals surface area (Å²) in [6, 6.07) is 3.71. The van der Waals surface area contributed by atoms with Crippen LogP contribution in [0.3, 0.4) is 0 Å². The zero-order valence-electron chi connectivity index (χ0n) is 17.6. The number of nitrogens with zero attached hydrogens (tertiary/aromatic N) is 1. The third kappa shape index (κ3) is 5.99. The Kier molecular flexibility index (Phi) is 8.84. The first-order valence-corrected chi connectivity index (χ1v) is 10.5. The Morgan fingerprint density at radius 1 is 1.07 bits per heavy atom. The van der Waals surface area contributed by atoms with Crippen molar-refractivity contribution in [3.63, 3.8) is 0 Å². The number of aliphatic hydroxyl groups is 1. The molecule has 1 heterocycles. The average Bonchev–Trinajstić information content (AvgIpc) is 2.68. The molecule has 0 spiro atoms. The minimum absolute atomic E-state index is 0.0546. The van der Waals surface area contributed by atoms with Crippen molar-refractivity contribution in [1.82, 2.24) is 4.90 Å². The van der Waals surface area contributed by atoms with Crippen molar-refractivity contribution in [2.75, 3.05) is 26.3 Å². The lowest BCUT2D eigenvalue weighted by Gasteiger charge is -2.30. The van der Waals surface area contributed by atoms with Crippen LogP contribution in [0.15, 0.2) is 18.7 Å². The summed E-state index contributed by atoms with van der Waals surface area (Å²) in [5, 5.41) is 9.74. The number of aliphatic hydroxyl groups excluding tert-OH is 1. The van der Waals surface area contributed by atoms with Gasteiger partial charge in [0.05, 0.1) is 24.9 Å². The molecule has 5 nitrogen and oxygen atoms in total. The zero-order chi connectivity index (χ0) is 20.5. The Morgan fingerprint density at radius 2 is 1.61 bits per heavy atom. The fourth-order valence-corrected chi connectivity index (χ4v) is 3.19. The van der Waals surface area contributed by atoms with Gasteiger partial charge in [-0.3, -0.25) is 4.79 Å². The summed E-state index contributed by atoms with van der Waals surface area (Å²) in [6.07, 6.45) is 4.89. The smallest absolute Gasteiger partial charge is 0.257 e. The molecule has 1 fully saturated rings. The summed E-state index contributed by atoms with van der Waals surface area (Å²) in [7, 11) is 0. The van der Waals surface area contributed by atoms with Crippen LogP contribution in [-0.4, -0.2) is 48.3 Å². The van der Waals surface area contributed by atoms with Crippen molar-refractivity contribution in [2.45, 2.75) is 65.4 Å². The Balaban J connectivity index is 2.35. The highest BCUT2D eigenvalue weighted by Crippen LogP contribution is 2.34. The number of likely N-dealkylation sites (tertiary alicyclic amines) is 1. The molecule has 5 heteroatoms. The van der Waals surface area contributed by atoms with Crippen molar-refractivity contribution in [2.24, 2.45) is 0 Å². The lowest BCUT2D eigenvalue weighted by Crippen LogP contribution is -2.40. The third-order valence-electron chi connectivity index (χ3n) is 5.03. The molecule has 1 aliphatic rings. The topological polar surface area (TPSA) is 59.0 Å². The highest BCUT2D eigenvalue weighted by Gasteiger charge is 2.26. The predicted octanol–water partition coefficient (Wildman–Crippen LogP) is 4.67. The van der Waals surface area contributed by atoms with E-state index >= 15 is 0 Å². The molecule has 0 unspecified atom stereocenters. The number of ether oxygens (including phenoxy) is 2. The minimum Gasteiger partial charge on any atom is -0.493 e. The molecule has 1 aliphatic heterocycles. The van der Waals surface area contributed by atoms with Gasteiger partial charge in [-0.25, -0.2) is 0 Å². The van der Waals surface area contributed by atoms with Crippen LogP contribution < -0.4 is 9.47 Å². The van der Waals surface area contributed by atoms with Crippen LogP contribution in [0.1, 0.15) is 75.2 Å². The number of hydrogen-bond acceptors (Lipinski definition) is 4. The minimum atomic E-state index is -0.315. The maximum absolute atomic E-state index is 13.2. The Morgan fingerprint density at radius 3 is 2.11 bits per heavy atom. The zero-order valence-corrected chi connectivity index (χ0v) is 17.6.